The molecule has 1 aromatic heterocycles. The topological polar surface area (TPSA) is 64.6 Å². The predicted molar refractivity (Wildman–Crippen MR) is 99.3 cm³/mol. The minimum absolute atomic E-state index is 0.0384. The number of rotatable bonds is 8. The largest absolute Gasteiger partial charge is 0.493 e. The lowest BCUT2D eigenvalue weighted by Gasteiger charge is -2.30. The van der Waals surface area contributed by atoms with Crippen LogP contribution in [-0.4, -0.2) is 28.7 Å². The fourth-order valence-electron chi connectivity index (χ4n) is 3.53. The van der Waals surface area contributed by atoms with Crippen molar-refractivity contribution in [2.45, 2.75) is 41.9 Å². The minimum Gasteiger partial charge on any atom is -0.493 e. The maximum Gasteiger partial charge on any atom is 0.387 e. The molecule has 5 nitrogen and oxygen atoms in total. The third kappa shape index (κ3) is 4.41. The lowest BCUT2D eigenvalue weighted by molar-refractivity contribution is -0.0512. The molecule has 1 aromatic carbocycles. The van der Waals surface area contributed by atoms with E-state index in [0.29, 0.717) is 0 Å². The van der Waals surface area contributed by atoms with Gasteiger partial charge in [-0.15, -0.1) is 11.3 Å². The van der Waals surface area contributed by atoms with Crippen molar-refractivity contribution >= 4 is 21.4 Å². The van der Waals surface area contributed by atoms with E-state index in [0.717, 1.165) is 42.6 Å². The molecule has 1 N–H and O–H groups in total. The highest BCUT2D eigenvalue weighted by molar-refractivity contribution is 7.91. The number of thiophene rings is 1. The summed E-state index contributed by atoms with van der Waals surface area (Å²) in [6.07, 6.45) is 3.55. The van der Waals surface area contributed by atoms with E-state index >= 15 is 0 Å². The van der Waals surface area contributed by atoms with Crippen molar-refractivity contribution in [3.05, 3.63) is 41.3 Å². The van der Waals surface area contributed by atoms with Crippen molar-refractivity contribution < 1.29 is 26.7 Å². The van der Waals surface area contributed by atoms with Gasteiger partial charge >= 0.3 is 6.61 Å². The molecule has 1 fully saturated rings. The molecular formula is C18H21F2NO4S2. The van der Waals surface area contributed by atoms with Gasteiger partial charge in [-0.2, -0.15) is 8.78 Å². The molecule has 9 heteroatoms. The molecule has 1 aliphatic carbocycles. The molecule has 0 atom stereocenters. The molecule has 0 saturated heterocycles. The second kappa shape index (κ2) is 8.12. The highest BCUT2D eigenvalue weighted by Crippen LogP contribution is 2.43. The number of sulfonamides is 1. The first-order valence-electron chi connectivity index (χ1n) is 8.53. The molecule has 0 spiro atoms. The van der Waals surface area contributed by atoms with Crippen molar-refractivity contribution in [3.63, 3.8) is 0 Å². The van der Waals surface area contributed by atoms with Crippen molar-refractivity contribution in [2.75, 3.05) is 13.7 Å². The number of nitrogens with one attached hydrogen (secondary N) is 1. The van der Waals surface area contributed by atoms with Gasteiger partial charge in [0.25, 0.3) is 0 Å². The Hall–Kier alpha value is -1.71. The van der Waals surface area contributed by atoms with Gasteiger partial charge in [-0.25, -0.2) is 13.1 Å². The predicted octanol–water partition coefficient (Wildman–Crippen LogP) is 4.15. The second-order valence-electron chi connectivity index (χ2n) is 6.49. The van der Waals surface area contributed by atoms with E-state index in [1.165, 1.54) is 13.2 Å². The summed E-state index contributed by atoms with van der Waals surface area (Å²) >= 11 is 1.16. The average molecular weight is 417 g/mol. The summed E-state index contributed by atoms with van der Waals surface area (Å²) in [4.78, 5) is 0. The van der Waals surface area contributed by atoms with Crippen LogP contribution in [-0.2, 0) is 15.4 Å². The Kier molecular flexibility index (Phi) is 6.02. The van der Waals surface area contributed by atoms with Gasteiger partial charge in [0.05, 0.1) is 7.11 Å². The molecular weight excluding hydrogens is 396 g/mol. The maximum absolute atomic E-state index is 12.5. The van der Waals surface area contributed by atoms with Crippen LogP contribution in [0.15, 0.2) is 39.9 Å². The number of methoxy groups -OCH3 is 1. The van der Waals surface area contributed by atoms with Crippen LogP contribution >= 0.6 is 11.3 Å². The fourth-order valence-corrected chi connectivity index (χ4v) is 5.70. The van der Waals surface area contributed by atoms with E-state index < -0.39 is 22.0 Å². The van der Waals surface area contributed by atoms with Crippen LogP contribution in [0.4, 0.5) is 8.78 Å². The number of alkyl halides is 2. The van der Waals surface area contributed by atoms with Gasteiger partial charge in [0.1, 0.15) is 4.21 Å². The third-order valence-electron chi connectivity index (χ3n) is 4.91. The van der Waals surface area contributed by atoms with Crippen molar-refractivity contribution in [1.29, 1.82) is 0 Å². The lowest BCUT2D eigenvalue weighted by Crippen LogP contribution is -2.38. The lowest BCUT2D eigenvalue weighted by atomic mass is 9.79. The zero-order valence-electron chi connectivity index (χ0n) is 14.8. The van der Waals surface area contributed by atoms with E-state index in [1.54, 1.807) is 29.6 Å². The Morgan fingerprint density at radius 1 is 1.22 bits per heavy atom. The zero-order valence-corrected chi connectivity index (χ0v) is 16.4. The average Bonchev–Trinajstić information content (AvgIpc) is 3.33. The SMILES string of the molecule is COc1cc(C2(CNS(=O)(=O)c3cccs3)CCCC2)ccc1OC(F)F. The molecule has 0 radical (unpaired) electrons. The van der Waals surface area contributed by atoms with Gasteiger partial charge in [0.2, 0.25) is 10.0 Å². The maximum atomic E-state index is 12.5. The molecule has 3 rings (SSSR count). The summed E-state index contributed by atoms with van der Waals surface area (Å²) < 4.78 is 62.8. The fraction of sp³-hybridized carbons (Fsp3) is 0.444. The Bertz CT molecular complexity index is 863. The van der Waals surface area contributed by atoms with Gasteiger partial charge in [0, 0.05) is 12.0 Å². The molecule has 1 aliphatic rings. The first-order valence-corrected chi connectivity index (χ1v) is 10.9. The Morgan fingerprint density at radius 3 is 2.56 bits per heavy atom. The molecule has 27 heavy (non-hydrogen) atoms. The number of hydrogen-bond donors (Lipinski definition) is 1. The number of benzene rings is 1. The van der Waals surface area contributed by atoms with Crippen molar-refractivity contribution in [2.24, 2.45) is 0 Å². The van der Waals surface area contributed by atoms with Crippen LogP contribution in [0.5, 0.6) is 11.5 Å². The van der Waals surface area contributed by atoms with Gasteiger partial charge in [-0.1, -0.05) is 25.0 Å². The summed E-state index contributed by atoms with van der Waals surface area (Å²) in [6.45, 7) is -2.70. The Balaban J connectivity index is 1.86. The molecule has 1 heterocycles. The Morgan fingerprint density at radius 2 is 1.96 bits per heavy atom. The van der Waals surface area contributed by atoms with Gasteiger partial charge in [-0.3, -0.25) is 0 Å². The molecule has 0 bridgehead atoms. The molecule has 2 aromatic rings. The monoisotopic (exact) mass is 417 g/mol. The number of ether oxygens (including phenoxy) is 2. The van der Waals surface area contributed by atoms with E-state index in [2.05, 4.69) is 9.46 Å². The third-order valence-corrected chi connectivity index (χ3v) is 7.71. The highest BCUT2D eigenvalue weighted by Gasteiger charge is 2.37. The summed E-state index contributed by atoms with van der Waals surface area (Å²) in [7, 11) is -2.19. The molecule has 0 unspecified atom stereocenters. The van der Waals surface area contributed by atoms with Crippen LogP contribution in [0.25, 0.3) is 0 Å². The quantitative estimate of drug-likeness (QED) is 0.701. The first-order chi connectivity index (χ1) is 12.9. The van der Waals surface area contributed by atoms with Crippen molar-refractivity contribution in [3.8, 4) is 11.5 Å². The van der Waals surface area contributed by atoms with E-state index in [1.807, 2.05) is 0 Å². The standard InChI is InChI=1S/C18H21F2NO4S2/c1-24-15-11-13(6-7-14(15)25-17(19)20)18(8-2-3-9-18)12-21-27(22,23)16-5-4-10-26-16/h4-7,10-11,17,21H,2-3,8-9,12H2,1H3. The van der Waals surface area contributed by atoms with Crippen LogP contribution in [0.1, 0.15) is 31.2 Å². The van der Waals surface area contributed by atoms with Gasteiger partial charge in [0.15, 0.2) is 11.5 Å². The summed E-state index contributed by atoms with van der Waals surface area (Å²) in [5.74, 6) is 0.170. The minimum atomic E-state index is -3.58. The number of hydrogen-bond acceptors (Lipinski definition) is 5. The van der Waals surface area contributed by atoms with E-state index in [-0.39, 0.29) is 22.3 Å². The molecule has 1 saturated carbocycles. The van der Waals surface area contributed by atoms with E-state index in [9.17, 15) is 17.2 Å². The summed E-state index contributed by atoms with van der Waals surface area (Å²) in [5, 5.41) is 1.71. The zero-order chi connectivity index (χ0) is 19.5. The van der Waals surface area contributed by atoms with Crippen molar-refractivity contribution in [1.82, 2.24) is 4.72 Å². The summed E-state index contributed by atoms with van der Waals surface area (Å²) in [5.41, 5.74) is 0.452. The summed E-state index contributed by atoms with van der Waals surface area (Å²) in [6, 6.07) is 8.09. The Labute approximate surface area is 161 Å². The van der Waals surface area contributed by atoms with Crippen LogP contribution < -0.4 is 14.2 Å². The van der Waals surface area contributed by atoms with Crippen LogP contribution in [0.2, 0.25) is 0 Å². The van der Waals surface area contributed by atoms with Gasteiger partial charge in [-0.05, 0) is 42.0 Å². The van der Waals surface area contributed by atoms with Crippen LogP contribution in [0.3, 0.4) is 0 Å². The molecule has 0 amide bonds. The normalized spacial score (nSPS) is 16.6. The number of halogens is 2. The highest BCUT2D eigenvalue weighted by atomic mass is 32.2. The second-order valence-corrected chi connectivity index (χ2v) is 9.43. The van der Waals surface area contributed by atoms with E-state index in [4.69, 9.17) is 4.74 Å². The van der Waals surface area contributed by atoms with Gasteiger partial charge < -0.3 is 9.47 Å². The van der Waals surface area contributed by atoms with Crippen LogP contribution in [0, 0.1) is 0 Å². The first kappa shape index (κ1) is 20.0. The smallest absolute Gasteiger partial charge is 0.387 e. The molecule has 0 aliphatic heterocycles. The molecule has 148 valence electrons.